The molecule has 17 heavy (non-hydrogen) atoms. The molecular weight excluding hydrogens is 236 g/mol. The van der Waals surface area contributed by atoms with Crippen molar-refractivity contribution in [2.75, 3.05) is 6.61 Å². The number of ether oxygens (including phenoxy) is 1. The standard InChI is InChI=1S/C14H13ClO2/c1-3-17-14(16)13-6-4-10-8-11(15)5-7-12(10)9(13)2/h4-8H,3H2,1-2H3. The lowest BCUT2D eigenvalue weighted by molar-refractivity contribution is 0.0526. The fraction of sp³-hybridized carbons (Fsp3) is 0.214. The summed E-state index contributed by atoms with van der Waals surface area (Å²) < 4.78 is 5.02. The molecule has 2 rings (SSSR count). The van der Waals surface area contributed by atoms with E-state index in [1.807, 2.05) is 31.2 Å². The molecule has 0 aliphatic heterocycles. The topological polar surface area (TPSA) is 26.3 Å². The molecule has 0 heterocycles. The van der Waals surface area contributed by atoms with Gasteiger partial charge in [0.05, 0.1) is 12.2 Å². The van der Waals surface area contributed by atoms with E-state index in [0.29, 0.717) is 17.2 Å². The summed E-state index contributed by atoms with van der Waals surface area (Å²) in [6.07, 6.45) is 0. The Morgan fingerprint density at radius 1 is 1.29 bits per heavy atom. The van der Waals surface area contributed by atoms with E-state index in [0.717, 1.165) is 16.3 Å². The number of benzene rings is 2. The van der Waals surface area contributed by atoms with Gasteiger partial charge in [-0.2, -0.15) is 0 Å². The molecule has 2 aromatic rings. The first kappa shape index (κ1) is 11.9. The van der Waals surface area contributed by atoms with E-state index in [-0.39, 0.29) is 5.97 Å². The Balaban J connectivity index is 2.58. The zero-order valence-corrected chi connectivity index (χ0v) is 10.5. The molecule has 0 aliphatic rings. The van der Waals surface area contributed by atoms with Crippen LogP contribution < -0.4 is 0 Å². The van der Waals surface area contributed by atoms with Gasteiger partial charge in [0.15, 0.2) is 0 Å². The lowest BCUT2D eigenvalue weighted by atomic mass is 10.0. The molecule has 0 unspecified atom stereocenters. The molecular formula is C14H13ClO2. The highest BCUT2D eigenvalue weighted by Gasteiger charge is 2.12. The summed E-state index contributed by atoms with van der Waals surface area (Å²) in [4.78, 5) is 11.7. The average Bonchev–Trinajstić information content (AvgIpc) is 2.29. The van der Waals surface area contributed by atoms with Gasteiger partial charge in [-0.3, -0.25) is 0 Å². The average molecular weight is 249 g/mol. The van der Waals surface area contributed by atoms with Crippen LogP contribution in [0.2, 0.25) is 5.02 Å². The third-order valence-corrected chi connectivity index (χ3v) is 2.98. The van der Waals surface area contributed by atoms with E-state index in [2.05, 4.69) is 0 Å². The van der Waals surface area contributed by atoms with Crippen LogP contribution in [0.3, 0.4) is 0 Å². The van der Waals surface area contributed by atoms with Crippen LogP contribution in [0.4, 0.5) is 0 Å². The maximum atomic E-state index is 11.7. The van der Waals surface area contributed by atoms with Gasteiger partial charge in [-0.05, 0) is 48.4 Å². The van der Waals surface area contributed by atoms with Crippen molar-refractivity contribution in [3.8, 4) is 0 Å². The Bertz CT molecular complexity index is 576. The summed E-state index contributed by atoms with van der Waals surface area (Å²) in [7, 11) is 0. The van der Waals surface area contributed by atoms with Gasteiger partial charge in [0.25, 0.3) is 0 Å². The maximum absolute atomic E-state index is 11.7. The van der Waals surface area contributed by atoms with E-state index in [1.165, 1.54) is 0 Å². The predicted octanol–water partition coefficient (Wildman–Crippen LogP) is 3.98. The number of esters is 1. The molecule has 0 aromatic heterocycles. The molecule has 0 spiro atoms. The predicted molar refractivity (Wildman–Crippen MR) is 69.7 cm³/mol. The molecule has 2 aromatic carbocycles. The molecule has 0 radical (unpaired) electrons. The number of aryl methyl sites for hydroxylation is 1. The van der Waals surface area contributed by atoms with Crippen molar-refractivity contribution in [2.45, 2.75) is 13.8 Å². The van der Waals surface area contributed by atoms with E-state index in [4.69, 9.17) is 16.3 Å². The summed E-state index contributed by atoms with van der Waals surface area (Å²) in [5.74, 6) is -0.276. The number of rotatable bonds is 2. The largest absolute Gasteiger partial charge is 0.462 e. The normalized spacial score (nSPS) is 10.5. The van der Waals surface area contributed by atoms with Crippen molar-refractivity contribution < 1.29 is 9.53 Å². The highest BCUT2D eigenvalue weighted by molar-refractivity contribution is 6.31. The number of fused-ring (bicyclic) bond motifs is 1. The number of carbonyl (C=O) groups excluding carboxylic acids is 1. The summed E-state index contributed by atoms with van der Waals surface area (Å²) in [5.41, 5.74) is 1.54. The molecule has 3 heteroatoms. The van der Waals surface area contributed by atoms with E-state index in [9.17, 15) is 4.79 Å². The van der Waals surface area contributed by atoms with Crippen LogP contribution in [0.5, 0.6) is 0 Å². The van der Waals surface area contributed by atoms with Crippen LogP contribution in [-0.2, 0) is 4.74 Å². The van der Waals surface area contributed by atoms with Crippen LogP contribution in [0.1, 0.15) is 22.8 Å². The SMILES string of the molecule is CCOC(=O)c1ccc2cc(Cl)ccc2c1C. The minimum Gasteiger partial charge on any atom is -0.462 e. The minimum atomic E-state index is -0.276. The quantitative estimate of drug-likeness (QED) is 0.752. The Hall–Kier alpha value is -1.54. The van der Waals surface area contributed by atoms with Crippen molar-refractivity contribution in [2.24, 2.45) is 0 Å². The number of hydrogen-bond donors (Lipinski definition) is 0. The highest BCUT2D eigenvalue weighted by Crippen LogP contribution is 2.25. The first-order valence-electron chi connectivity index (χ1n) is 5.49. The molecule has 0 amide bonds. The molecule has 0 saturated carbocycles. The van der Waals surface area contributed by atoms with Crippen molar-refractivity contribution in [1.82, 2.24) is 0 Å². The van der Waals surface area contributed by atoms with E-state index >= 15 is 0 Å². The second-order valence-corrected chi connectivity index (χ2v) is 4.26. The Morgan fingerprint density at radius 2 is 2.06 bits per heavy atom. The summed E-state index contributed by atoms with van der Waals surface area (Å²) in [6, 6.07) is 9.31. The zero-order valence-electron chi connectivity index (χ0n) is 9.79. The Kier molecular flexibility index (Phi) is 3.34. The second kappa shape index (κ2) is 4.76. The summed E-state index contributed by atoms with van der Waals surface area (Å²) in [5, 5.41) is 2.75. The van der Waals surface area contributed by atoms with Crippen LogP contribution in [0.15, 0.2) is 30.3 Å². The smallest absolute Gasteiger partial charge is 0.338 e. The third-order valence-electron chi connectivity index (χ3n) is 2.75. The maximum Gasteiger partial charge on any atom is 0.338 e. The third kappa shape index (κ3) is 2.27. The fourth-order valence-electron chi connectivity index (χ4n) is 1.89. The van der Waals surface area contributed by atoms with Gasteiger partial charge < -0.3 is 4.74 Å². The van der Waals surface area contributed by atoms with Crippen LogP contribution in [0.25, 0.3) is 10.8 Å². The van der Waals surface area contributed by atoms with Gasteiger partial charge in [0, 0.05) is 5.02 Å². The van der Waals surface area contributed by atoms with E-state index in [1.54, 1.807) is 13.0 Å². The van der Waals surface area contributed by atoms with Crippen molar-refractivity contribution in [1.29, 1.82) is 0 Å². The lowest BCUT2D eigenvalue weighted by Gasteiger charge is -2.08. The minimum absolute atomic E-state index is 0.276. The molecule has 0 atom stereocenters. The second-order valence-electron chi connectivity index (χ2n) is 3.82. The Labute approximate surface area is 105 Å². The van der Waals surface area contributed by atoms with Crippen molar-refractivity contribution in [3.05, 3.63) is 46.5 Å². The van der Waals surface area contributed by atoms with Crippen LogP contribution in [0, 0.1) is 6.92 Å². The number of hydrogen-bond acceptors (Lipinski definition) is 2. The van der Waals surface area contributed by atoms with Crippen molar-refractivity contribution >= 4 is 28.3 Å². The molecule has 2 nitrogen and oxygen atoms in total. The van der Waals surface area contributed by atoms with Gasteiger partial charge >= 0.3 is 5.97 Å². The first-order chi connectivity index (χ1) is 8.13. The van der Waals surface area contributed by atoms with Gasteiger partial charge in [-0.25, -0.2) is 4.79 Å². The van der Waals surface area contributed by atoms with Crippen LogP contribution in [-0.4, -0.2) is 12.6 Å². The first-order valence-corrected chi connectivity index (χ1v) is 5.87. The van der Waals surface area contributed by atoms with Gasteiger partial charge in [0.2, 0.25) is 0 Å². The van der Waals surface area contributed by atoms with Gasteiger partial charge in [0.1, 0.15) is 0 Å². The van der Waals surface area contributed by atoms with E-state index < -0.39 is 0 Å². The van der Waals surface area contributed by atoms with Gasteiger partial charge in [-0.15, -0.1) is 0 Å². The summed E-state index contributed by atoms with van der Waals surface area (Å²) in [6.45, 7) is 4.10. The summed E-state index contributed by atoms with van der Waals surface area (Å²) >= 11 is 5.93. The molecule has 88 valence electrons. The molecule has 0 fully saturated rings. The van der Waals surface area contributed by atoms with Crippen molar-refractivity contribution in [3.63, 3.8) is 0 Å². The van der Waals surface area contributed by atoms with Gasteiger partial charge in [-0.1, -0.05) is 23.7 Å². The highest BCUT2D eigenvalue weighted by atomic mass is 35.5. The monoisotopic (exact) mass is 248 g/mol. The Morgan fingerprint density at radius 3 is 2.76 bits per heavy atom. The lowest BCUT2D eigenvalue weighted by Crippen LogP contribution is -2.06. The number of carbonyl (C=O) groups is 1. The fourth-order valence-corrected chi connectivity index (χ4v) is 2.07. The molecule has 0 N–H and O–H groups in total. The van der Waals surface area contributed by atoms with Crippen LogP contribution >= 0.6 is 11.6 Å². The molecule has 0 bridgehead atoms. The number of halogens is 1. The molecule has 0 saturated heterocycles. The zero-order chi connectivity index (χ0) is 12.4. The molecule has 0 aliphatic carbocycles.